The summed E-state index contributed by atoms with van der Waals surface area (Å²) in [5.74, 6) is 0.201. The fourth-order valence-electron chi connectivity index (χ4n) is 1.77. The average Bonchev–Trinajstić information content (AvgIpc) is 2.35. The lowest BCUT2D eigenvalue weighted by Crippen LogP contribution is -2.34. The first kappa shape index (κ1) is 15.1. The van der Waals surface area contributed by atoms with E-state index in [2.05, 4.69) is 37.7 Å². The molecule has 0 saturated heterocycles. The number of nitrogens with zero attached hydrogens (tertiary/aromatic N) is 2. The van der Waals surface area contributed by atoms with Crippen LogP contribution in [-0.2, 0) is 0 Å². The van der Waals surface area contributed by atoms with E-state index in [0.29, 0.717) is 24.1 Å². The van der Waals surface area contributed by atoms with Crippen LogP contribution in [0, 0.1) is 11.7 Å². The zero-order valence-corrected chi connectivity index (χ0v) is 11.6. The Morgan fingerprint density at radius 2 is 2.00 bits per heavy atom. The molecule has 0 radical (unpaired) electrons. The Labute approximate surface area is 109 Å². The first-order valence-corrected chi connectivity index (χ1v) is 6.41. The van der Waals surface area contributed by atoms with Gasteiger partial charge in [-0.15, -0.1) is 0 Å². The molecule has 1 aromatic heterocycles. The van der Waals surface area contributed by atoms with Crippen LogP contribution in [0.5, 0.6) is 0 Å². The maximum atomic E-state index is 12.7. The summed E-state index contributed by atoms with van der Waals surface area (Å²) >= 11 is 0. The summed E-state index contributed by atoms with van der Waals surface area (Å²) in [6.45, 7) is 7.32. The number of hydrogen-bond donors (Lipinski definition) is 1. The van der Waals surface area contributed by atoms with Crippen molar-refractivity contribution in [3.63, 3.8) is 0 Å². The van der Waals surface area contributed by atoms with Crippen LogP contribution in [0.4, 0.5) is 4.39 Å². The lowest BCUT2D eigenvalue weighted by molar-refractivity contribution is 0.126. The number of aliphatic hydroxyl groups excluding tert-OH is 1. The van der Waals surface area contributed by atoms with E-state index in [1.165, 1.54) is 12.1 Å². The SMILES string of the molecule is CC(C)C(C)N(C)CCC(O)c1ccc(F)cn1. The van der Waals surface area contributed by atoms with Crippen molar-refractivity contribution in [2.24, 2.45) is 5.92 Å². The molecule has 102 valence electrons. The fourth-order valence-corrected chi connectivity index (χ4v) is 1.77. The first-order chi connectivity index (χ1) is 8.41. The highest BCUT2D eigenvalue weighted by Crippen LogP contribution is 2.16. The monoisotopic (exact) mass is 254 g/mol. The summed E-state index contributed by atoms with van der Waals surface area (Å²) in [5, 5.41) is 9.97. The van der Waals surface area contributed by atoms with Crippen molar-refractivity contribution >= 4 is 0 Å². The molecule has 3 nitrogen and oxygen atoms in total. The maximum Gasteiger partial charge on any atom is 0.141 e. The second-order valence-electron chi connectivity index (χ2n) is 5.17. The van der Waals surface area contributed by atoms with E-state index in [9.17, 15) is 9.50 Å². The van der Waals surface area contributed by atoms with Crippen LogP contribution >= 0.6 is 0 Å². The average molecular weight is 254 g/mol. The lowest BCUT2D eigenvalue weighted by atomic mass is 10.0. The Kier molecular flexibility index (Phi) is 5.69. The minimum atomic E-state index is -0.632. The van der Waals surface area contributed by atoms with Gasteiger partial charge in [0, 0.05) is 12.6 Å². The highest BCUT2D eigenvalue weighted by atomic mass is 19.1. The summed E-state index contributed by atoms with van der Waals surface area (Å²) in [6, 6.07) is 3.33. The molecule has 0 amide bonds. The number of pyridine rings is 1. The molecule has 0 fully saturated rings. The quantitative estimate of drug-likeness (QED) is 0.847. The summed E-state index contributed by atoms with van der Waals surface area (Å²) in [7, 11) is 2.05. The Morgan fingerprint density at radius 3 is 2.50 bits per heavy atom. The molecule has 1 N–H and O–H groups in total. The Balaban J connectivity index is 2.46. The topological polar surface area (TPSA) is 36.4 Å². The number of halogens is 1. The van der Waals surface area contributed by atoms with Crippen LogP contribution in [0.15, 0.2) is 18.3 Å². The molecule has 2 unspecified atom stereocenters. The van der Waals surface area contributed by atoms with Gasteiger partial charge in [0.15, 0.2) is 0 Å². The van der Waals surface area contributed by atoms with E-state index in [4.69, 9.17) is 0 Å². The van der Waals surface area contributed by atoms with Crippen LogP contribution in [0.3, 0.4) is 0 Å². The second kappa shape index (κ2) is 6.81. The number of rotatable bonds is 6. The molecule has 2 atom stereocenters. The van der Waals surface area contributed by atoms with Gasteiger partial charge in [0.05, 0.1) is 18.0 Å². The zero-order chi connectivity index (χ0) is 13.7. The van der Waals surface area contributed by atoms with Crippen molar-refractivity contribution < 1.29 is 9.50 Å². The van der Waals surface area contributed by atoms with Gasteiger partial charge < -0.3 is 10.0 Å². The molecule has 0 aliphatic heterocycles. The van der Waals surface area contributed by atoms with Crippen molar-refractivity contribution in [2.45, 2.75) is 39.3 Å². The smallest absolute Gasteiger partial charge is 0.141 e. The molecule has 4 heteroatoms. The van der Waals surface area contributed by atoms with Gasteiger partial charge in [0.1, 0.15) is 5.82 Å². The van der Waals surface area contributed by atoms with Crippen molar-refractivity contribution in [1.82, 2.24) is 9.88 Å². The third kappa shape index (κ3) is 4.35. The maximum absolute atomic E-state index is 12.7. The van der Waals surface area contributed by atoms with Crippen LogP contribution in [0.1, 0.15) is 39.0 Å². The van der Waals surface area contributed by atoms with Gasteiger partial charge >= 0.3 is 0 Å². The minimum Gasteiger partial charge on any atom is -0.387 e. The summed E-state index contributed by atoms with van der Waals surface area (Å²) < 4.78 is 12.7. The van der Waals surface area contributed by atoms with E-state index in [-0.39, 0.29) is 5.82 Å². The third-order valence-electron chi connectivity index (χ3n) is 3.51. The number of hydrogen-bond acceptors (Lipinski definition) is 3. The van der Waals surface area contributed by atoms with Crippen molar-refractivity contribution in [3.05, 3.63) is 29.8 Å². The van der Waals surface area contributed by atoms with Gasteiger partial charge in [-0.1, -0.05) is 13.8 Å². The predicted molar refractivity (Wildman–Crippen MR) is 70.7 cm³/mol. The molecular weight excluding hydrogens is 231 g/mol. The standard InChI is InChI=1S/C14H23FN2O/c1-10(2)11(3)17(4)8-7-14(18)13-6-5-12(15)9-16-13/h5-6,9-11,14,18H,7-8H2,1-4H3. The summed E-state index contributed by atoms with van der Waals surface area (Å²) in [4.78, 5) is 6.11. The lowest BCUT2D eigenvalue weighted by Gasteiger charge is -2.28. The van der Waals surface area contributed by atoms with Crippen molar-refractivity contribution in [2.75, 3.05) is 13.6 Å². The molecule has 1 aromatic rings. The molecule has 18 heavy (non-hydrogen) atoms. The normalized spacial score (nSPS) is 15.1. The Hall–Kier alpha value is -1.00. The van der Waals surface area contributed by atoms with E-state index < -0.39 is 6.10 Å². The van der Waals surface area contributed by atoms with Gasteiger partial charge in [0.25, 0.3) is 0 Å². The van der Waals surface area contributed by atoms with Gasteiger partial charge in [-0.25, -0.2) is 4.39 Å². The molecule has 0 bridgehead atoms. The molecule has 0 aromatic carbocycles. The predicted octanol–water partition coefficient (Wildman–Crippen LogP) is 2.62. The number of aliphatic hydroxyl groups is 1. The molecule has 0 aliphatic rings. The summed E-state index contributed by atoms with van der Waals surface area (Å²) in [6.07, 6.45) is 1.11. The highest BCUT2D eigenvalue weighted by molar-refractivity contribution is 5.07. The van der Waals surface area contributed by atoms with E-state index >= 15 is 0 Å². The van der Waals surface area contributed by atoms with Crippen LogP contribution < -0.4 is 0 Å². The molecule has 0 spiro atoms. The van der Waals surface area contributed by atoms with Gasteiger partial charge in [-0.05, 0) is 38.4 Å². The third-order valence-corrected chi connectivity index (χ3v) is 3.51. The van der Waals surface area contributed by atoms with E-state index in [0.717, 1.165) is 12.7 Å². The number of aromatic nitrogens is 1. The van der Waals surface area contributed by atoms with E-state index in [1.807, 2.05) is 0 Å². The zero-order valence-electron chi connectivity index (χ0n) is 11.6. The molecule has 0 saturated carbocycles. The molecule has 1 heterocycles. The van der Waals surface area contributed by atoms with Gasteiger partial charge in [-0.3, -0.25) is 4.98 Å². The second-order valence-corrected chi connectivity index (χ2v) is 5.17. The molecule has 0 aliphatic carbocycles. The first-order valence-electron chi connectivity index (χ1n) is 6.41. The fraction of sp³-hybridized carbons (Fsp3) is 0.643. The molecular formula is C14H23FN2O. The van der Waals surface area contributed by atoms with Gasteiger partial charge in [0.2, 0.25) is 0 Å². The molecule has 1 rings (SSSR count). The van der Waals surface area contributed by atoms with Crippen molar-refractivity contribution in [3.8, 4) is 0 Å². The Morgan fingerprint density at radius 1 is 1.33 bits per heavy atom. The van der Waals surface area contributed by atoms with Crippen LogP contribution in [0.25, 0.3) is 0 Å². The highest BCUT2D eigenvalue weighted by Gasteiger charge is 2.15. The summed E-state index contributed by atoms with van der Waals surface area (Å²) in [5.41, 5.74) is 0.530. The largest absolute Gasteiger partial charge is 0.387 e. The Bertz CT molecular complexity index is 353. The van der Waals surface area contributed by atoms with Crippen molar-refractivity contribution in [1.29, 1.82) is 0 Å². The van der Waals surface area contributed by atoms with Gasteiger partial charge in [-0.2, -0.15) is 0 Å². The van der Waals surface area contributed by atoms with Crippen LogP contribution in [0.2, 0.25) is 0 Å². The minimum absolute atomic E-state index is 0.378. The van der Waals surface area contributed by atoms with Crippen LogP contribution in [-0.4, -0.2) is 34.6 Å². The van der Waals surface area contributed by atoms with E-state index in [1.54, 1.807) is 0 Å².